The lowest BCUT2D eigenvalue weighted by Gasteiger charge is -2.25. The molecule has 0 fully saturated rings. The third-order valence-corrected chi connectivity index (χ3v) is 5.23. The Morgan fingerprint density at radius 3 is 2.23 bits per heavy atom. The van der Waals surface area contributed by atoms with Gasteiger partial charge in [0.25, 0.3) is 5.91 Å². The zero-order valence-corrected chi connectivity index (χ0v) is 17.4. The molecule has 1 amide bonds. The normalized spacial score (nSPS) is 16.0. The summed E-state index contributed by atoms with van der Waals surface area (Å²) in [6.45, 7) is 3.70. The molecule has 156 valence electrons. The number of hydrogen-bond donors (Lipinski definition) is 1. The van der Waals surface area contributed by atoms with Gasteiger partial charge in [-0.2, -0.15) is 5.10 Å². The van der Waals surface area contributed by atoms with Gasteiger partial charge in [-0.3, -0.25) is 14.5 Å². The molecule has 1 unspecified atom stereocenters. The first kappa shape index (κ1) is 20.3. The van der Waals surface area contributed by atoms with Gasteiger partial charge >= 0.3 is 0 Å². The topological polar surface area (TPSA) is 92.6 Å². The van der Waals surface area contributed by atoms with Gasteiger partial charge < -0.3 is 9.84 Å². The molecular formula is C24H21N3O4. The number of rotatable bonds is 5. The van der Waals surface area contributed by atoms with Crippen molar-refractivity contribution in [2.75, 3.05) is 12.0 Å². The van der Waals surface area contributed by atoms with Crippen LogP contribution in [0.2, 0.25) is 0 Å². The number of carbonyl (C=O) groups excluding carboxylic acids is 2. The molecule has 1 N–H and O–H groups in total. The number of carbonyl (C=O) groups is 2. The fourth-order valence-corrected chi connectivity index (χ4v) is 3.56. The van der Waals surface area contributed by atoms with E-state index < -0.39 is 23.5 Å². The predicted octanol–water partition coefficient (Wildman–Crippen LogP) is 3.88. The van der Waals surface area contributed by atoms with Gasteiger partial charge in [-0.25, -0.2) is 0 Å². The van der Waals surface area contributed by atoms with Crippen molar-refractivity contribution in [3.05, 3.63) is 94.4 Å². The number of aryl methyl sites for hydroxylation is 2. The highest BCUT2D eigenvalue weighted by Gasteiger charge is 2.45. The maximum Gasteiger partial charge on any atom is 0.295 e. The van der Waals surface area contributed by atoms with Gasteiger partial charge in [0.05, 0.1) is 24.4 Å². The molecule has 0 spiro atoms. The summed E-state index contributed by atoms with van der Waals surface area (Å²) in [6.07, 6.45) is 0. The number of aliphatic hydroxyl groups is 1. The van der Waals surface area contributed by atoms with E-state index in [4.69, 9.17) is 4.74 Å². The van der Waals surface area contributed by atoms with Crippen LogP contribution in [0.15, 0.2) is 72.0 Å². The zero-order chi connectivity index (χ0) is 22.1. The van der Waals surface area contributed by atoms with Crippen molar-refractivity contribution in [2.24, 2.45) is 0 Å². The summed E-state index contributed by atoms with van der Waals surface area (Å²) in [4.78, 5) is 27.8. The van der Waals surface area contributed by atoms with Crippen LogP contribution in [0.3, 0.4) is 0 Å². The smallest absolute Gasteiger partial charge is 0.295 e. The first-order valence-electron chi connectivity index (χ1n) is 9.73. The highest BCUT2D eigenvalue weighted by Crippen LogP contribution is 2.41. The Morgan fingerprint density at radius 2 is 1.65 bits per heavy atom. The summed E-state index contributed by atoms with van der Waals surface area (Å²) in [5.41, 5.74) is 2.71. The number of ketones is 1. The molecule has 4 rings (SSSR count). The van der Waals surface area contributed by atoms with E-state index in [1.54, 1.807) is 62.6 Å². The van der Waals surface area contributed by atoms with Crippen LogP contribution in [0, 0.1) is 13.8 Å². The number of aliphatic hydroxyl groups excluding tert-OH is 1. The number of anilines is 1. The van der Waals surface area contributed by atoms with E-state index in [0.29, 0.717) is 22.6 Å². The van der Waals surface area contributed by atoms with Crippen molar-refractivity contribution in [1.29, 1.82) is 0 Å². The Morgan fingerprint density at radius 1 is 0.968 bits per heavy atom. The van der Waals surface area contributed by atoms with E-state index in [0.717, 1.165) is 5.56 Å². The first-order valence-corrected chi connectivity index (χ1v) is 9.73. The molecule has 2 aromatic carbocycles. The number of methoxy groups -OCH3 is 1. The van der Waals surface area contributed by atoms with Crippen molar-refractivity contribution in [3.63, 3.8) is 0 Å². The van der Waals surface area contributed by atoms with Crippen LogP contribution in [-0.2, 0) is 4.79 Å². The van der Waals surface area contributed by atoms with Crippen molar-refractivity contribution in [1.82, 2.24) is 10.2 Å². The van der Waals surface area contributed by atoms with Crippen molar-refractivity contribution < 1.29 is 19.4 Å². The predicted molar refractivity (Wildman–Crippen MR) is 115 cm³/mol. The lowest BCUT2D eigenvalue weighted by Crippen LogP contribution is -2.32. The van der Waals surface area contributed by atoms with E-state index in [2.05, 4.69) is 10.2 Å². The van der Waals surface area contributed by atoms with Gasteiger partial charge in [-0.05, 0) is 43.7 Å². The molecule has 7 heteroatoms. The van der Waals surface area contributed by atoms with Gasteiger partial charge in [0, 0.05) is 5.56 Å². The summed E-state index contributed by atoms with van der Waals surface area (Å²) in [5, 5.41) is 18.9. The monoisotopic (exact) mass is 415 g/mol. The molecule has 0 aliphatic carbocycles. The lowest BCUT2D eigenvalue weighted by molar-refractivity contribution is -0.117. The Balaban J connectivity index is 1.85. The van der Waals surface area contributed by atoms with Gasteiger partial charge in [0.1, 0.15) is 5.75 Å². The van der Waals surface area contributed by atoms with Crippen LogP contribution in [0.5, 0.6) is 5.75 Å². The van der Waals surface area contributed by atoms with Crippen molar-refractivity contribution >= 4 is 17.5 Å². The number of nitrogens with zero attached hydrogens (tertiary/aromatic N) is 3. The van der Waals surface area contributed by atoms with Crippen LogP contribution < -0.4 is 9.64 Å². The lowest BCUT2D eigenvalue weighted by atomic mass is 9.92. The maximum atomic E-state index is 13.4. The molecule has 0 saturated heterocycles. The highest BCUT2D eigenvalue weighted by atomic mass is 16.5. The van der Waals surface area contributed by atoms with Gasteiger partial charge in [0.2, 0.25) is 0 Å². The molecule has 3 aromatic rings. The molecule has 31 heavy (non-hydrogen) atoms. The minimum Gasteiger partial charge on any atom is -0.503 e. The molecule has 1 aromatic heterocycles. The SMILES string of the molecule is COc1ccc(C2C(C(=O)c3ccc(C)cc3)=C(O)C(=O)N2c2ccc(C)nn2)cc1. The summed E-state index contributed by atoms with van der Waals surface area (Å²) >= 11 is 0. The summed E-state index contributed by atoms with van der Waals surface area (Å²) in [6, 6.07) is 16.5. The standard InChI is InChI=1S/C24H21N3O4/c1-14-4-7-17(8-5-14)22(28)20-21(16-9-11-18(31-3)12-10-16)27(24(30)23(20)29)19-13-6-15(2)25-26-19/h4-13,21,29H,1-3H3. The summed E-state index contributed by atoms with van der Waals surface area (Å²) in [5.74, 6) is -0.832. The summed E-state index contributed by atoms with van der Waals surface area (Å²) < 4.78 is 5.22. The molecule has 0 radical (unpaired) electrons. The van der Waals surface area contributed by atoms with E-state index in [9.17, 15) is 14.7 Å². The number of benzene rings is 2. The molecule has 2 heterocycles. The maximum absolute atomic E-state index is 13.4. The average Bonchev–Trinajstić information content (AvgIpc) is 3.05. The molecule has 1 aliphatic heterocycles. The zero-order valence-electron chi connectivity index (χ0n) is 17.4. The molecule has 1 atom stereocenters. The Bertz CT molecular complexity index is 1170. The van der Waals surface area contributed by atoms with E-state index in [1.807, 2.05) is 19.1 Å². The average molecular weight is 415 g/mol. The van der Waals surface area contributed by atoms with E-state index >= 15 is 0 Å². The number of aromatic nitrogens is 2. The van der Waals surface area contributed by atoms with Crippen LogP contribution >= 0.6 is 0 Å². The fourth-order valence-electron chi connectivity index (χ4n) is 3.56. The Hall–Kier alpha value is -4.00. The van der Waals surface area contributed by atoms with Gasteiger partial charge in [-0.15, -0.1) is 5.10 Å². The largest absolute Gasteiger partial charge is 0.503 e. The number of amides is 1. The molecule has 0 bridgehead atoms. The van der Waals surface area contributed by atoms with Crippen LogP contribution in [0.1, 0.15) is 33.2 Å². The van der Waals surface area contributed by atoms with Crippen molar-refractivity contribution in [3.8, 4) is 5.75 Å². The quantitative estimate of drug-likeness (QED) is 0.636. The third kappa shape index (κ3) is 3.66. The molecule has 1 aliphatic rings. The van der Waals surface area contributed by atoms with Crippen LogP contribution in [0.4, 0.5) is 5.82 Å². The van der Waals surface area contributed by atoms with E-state index in [1.165, 1.54) is 4.90 Å². The minimum absolute atomic E-state index is 0.00129. The Labute approximate surface area is 179 Å². The van der Waals surface area contributed by atoms with Crippen molar-refractivity contribution in [2.45, 2.75) is 19.9 Å². The molecular weight excluding hydrogens is 394 g/mol. The molecule has 7 nitrogen and oxygen atoms in total. The molecule has 0 saturated carbocycles. The Kier molecular flexibility index (Phi) is 5.25. The second-order valence-corrected chi connectivity index (χ2v) is 7.34. The van der Waals surface area contributed by atoms with Gasteiger partial charge in [0.15, 0.2) is 17.4 Å². The van der Waals surface area contributed by atoms with Crippen LogP contribution in [-0.4, -0.2) is 34.1 Å². The first-order chi connectivity index (χ1) is 14.9. The second kappa shape index (κ2) is 8.02. The second-order valence-electron chi connectivity index (χ2n) is 7.34. The number of ether oxygens (including phenoxy) is 1. The highest BCUT2D eigenvalue weighted by molar-refractivity contribution is 6.20. The summed E-state index contributed by atoms with van der Waals surface area (Å²) in [7, 11) is 1.56. The fraction of sp³-hybridized carbons (Fsp3) is 0.167. The number of hydrogen-bond acceptors (Lipinski definition) is 6. The van der Waals surface area contributed by atoms with Gasteiger partial charge in [-0.1, -0.05) is 42.0 Å². The minimum atomic E-state index is -0.857. The van der Waals surface area contributed by atoms with E-state index in [-0.39, 0.29) is 11.4 Å². The number of Topliss-reactive ketones (excluding diaryl/α,β-unsaturated/α-hetero) is 1. The van der Waals surface area contributed by atoms with Crippen LogP contribution in [0.25, 0.3) is 0 Å². The third-order valence-electron chi connectivity index (χ3n) is 5.23.